The van der Waals surface area contributed by atoms with Crippen LogP contribution in [0.15, 0.2) is 24.3 Å². The molecule has 0 bridgehead atoms. The van der Waals surface area contributed by atoms with Gasteiger partial charge in [0.05, 0.1) is 0 Å². The molecule has 1 aromatic carbocycles. The Hall–Kier alpha value is -0.900. The Labute approximate surface area is 116 Å². The summed E-state index contributed by atoms with van der Waals surface area (Å²) in [6.07, 6.45) is 1.96. The second-order valence-corrected chi connectivity index (χ2v) is 6.24. The van der Waals surface area contributed by atoms with Gasteiger partial charge in [-0.3, -0.25) is 0 Å². The molecule has 0 fully saturated rings. The fourth-order valence-electron chi connectivity index (χ4n) is 2.66. The van der Waals surface area contributed by atoms with Gasteiger partial charge in [0.25, 0.3) is 0 Å². The maximum atomic E-state index is 9.10. The summed E-state index contributed by atoms with van der Waals surface area (Å²) in [6.45, 7) is 7.62. The maximum Gasteiger partial charge on any atom is 0.0436 e. The Morgan fingerprint density at radius 1 is 1.37 bits per heavy atom. The standard InChI is InChI=1S/C16H26N2O/c1-16(2,8-10-19)12-18-15-7-9-17-11-13-5-3-4-6-14(13)15/h3-6,15,17-19H,7-12H2,1-2H3. The van der Waals surface area contributed by atoms with Crippen molar-refractivity contribution in [2.75, 3.05) is 19.7 Å². The van der Waals surface area contributed by atoms with Crippen LogP contribution < -0.4 is 10.6 Å². The van der Waals surface area contributed by atoms with E-state index in [-0.39, 0.29) is 12.0 Å². The Morgan fingerprint density at radius 2 is 2.16 bits per heavy atom. The van der Waals surface area contributed by atoms with Crippen molar-refractivity contribution in [2.24, 2.45) is 5.41 Å². The van der Waals surface area contributed by atoms with Gasteiger partial charge in [-0.25, -0.2) is 0 Å². The first-order valence-corrected chi connectivity index (χ1v) is 7.25. The lowest BCUT2D eigenvalue weighted by molar-refractivity contribution is 0.202. The second-order valence-electron chi connectivity index (χ2n) is 6.24. The van der Waals surface area contributed by atoms with E-state index in [1.807, 2.05) is 0 Å². The molecular formula is C16H26N2O. The first-order chi connectivity index (χ1) is 9.12. The third-order valence-corrected chi connectivity index (χ3v) is 3.97. The number of aliphatic hydroxyl groups excluding tert-OH is 1. The lowest BCUT2D eigenvalue weighted by Gasteiger charge is -2.28. The van der Waals surface area contributed by atoms with Crippen LogP contribution in [0, 0.1) is 5.41 Å². The number of fused-ring (bicyclic) bond motifs is 1. The molecule has 106 valence electrons. The van der Waals surface area contributed by atoms with E-state index in [0.717, 1.165) is 32.5 Å². The molecule has 2 rings (SSSR count). The molecule has 1 aliphatic heterocycles. The van der Waals surface area contributed by atoms with Crippen LogP contribution in [0.3, 0.4) is 0 Å². The van der Waals surface area contributed by atoms with Gasteiger partial charge in [-0.05, 0) is 35.9 Å². The van der Waals surface area contributed by atoms with Gasteiger partial charge in [-0.1, -0.05) is 38.1 Å². The van der Waals surface area contributed by atoms with Crippen molar-refractivity contribution in [1.82, 2.24) is 10.6 Å². The van der Waals surface area contributed by atoms with Crippen molar-refractivity contribution < 1.29 is 5.11 Å². The molecule has 1 heterocycles. The van der Waals surface area contributed by atoms with E-state index in [9.17, 15) is 0 Å². The Bertz CT molecular complexity index is 403. The molecule has 0 aliphatic carbocycles. The Kier molecular flexibility index (Phi) is 4.97. The third kappa shape index (κ3) is 4.03. The number of aliphatic hydroxyl groups is 1. The van der Waals surface area contributed by atoms with E-state index >= 15 is 0 Å². The predicted molar refractivity (Wildman–Crippen MR) is 79.0 cm³/mol. The lowest BCUT2D eigenvalue weighted by Crippen LogP contribution is -2.33. The summed E-state index contributed by atoms with van der Waals surface area (Å²) in [7, 11) is 0. The normalized spacial score (nSPS) is 19.8. The SMILES string of the molecule is CC(C)(CCO)CNC1CCNCc2ccccc21. The molecule has 0 spiro atoms. The van der Waals surface area contributed by atoms with E-state index in [1.165, 1.54) is 11.1 Å². The minimum absolute atomic E-state index is 0.142. The van der Waals surface area contributed by atoms with E-state index < -0.39 is 0 Å². The summed E-state index contributed by atoms with van der Waals surface area (Å²) in [5.74, 6) is 0. The number of hydrogen-bond donors (Lipinski definition) is 3. The van der Waals surface area contributed by atoms with Crippen LogP contribution >= 0.6 is 0 Å². The van der Waals surface area contributed by atoms with Crippen molar-refractivity contribution in [1.29, 1.82) is 0 Å². The quantitative estimate of drug-likeness (QED) is 0.762. The van der Waals surface area contributed by atoms with Crippen molar-refractivity contribution in [3.63, 3.8) is 0 Å². The van der Waals surface area contributed by atoms with E-state index in [2.05, 4.69) is 48.7 Å². The van der Waals surface area contributed by atoms with Crippen LogP contribution in [-0.2, 0) is 6.54 Å². The van der Waals surface area contributed by atoms with Gasteiger partial charge in [0.1, 0.15) is 0 Å². The topological polar surface area (TPSA) is 44.3 Å². The summed E-state index contributed by atoms with van der Waals surface area (Å²) < 4.78 is 0. The highest BCUT2D eigenvalue weighted by molar-refractivity contribution is 5.31. The van der Waals surface area contributed by atoms with E-state index in [1.54, 1.807) is 0 Å². The largest absolute Gasteiger partial charge is 0.396 e. The third-order valence-electron chi connectivity index (χ3n) is 3.97. The van der Waals surface area contributed by atoms with Crippen molar-refractivity contribution in [3.05, 3.63) is 35.4 Å². The summed E-state index contributed by atoms with van der Waals surface area (Å²) in [6, 6.07) is 9.10. The number of hydrogen-bond acceptors (Lipinski definition) is 3. The smallest absolute Gasteiger partial charge is 0.0436 e. The van der Waals surface area contributed by atoms with E-state index in [0.29, 0.717) is 6.04 Å². The second kappa shape index (κ2) is 6.51. The highest BCUT2D eigenvalue weighted by atomic mass is 16.3. The molecule has 3 N–H and O–H groups in total. The maximum absolute atomic E-state index is 9.10. The zero-order valence-corrected chi connectivity index (χ0v) is 12.1. The summed E-state index contributed by atoms with van der Waals surface area (Å²) in [5.41, 5.74) is 2.97. The monoisotopic (exact) mass is 262 g/mol. The van der Waals surface area contributed by atoms with Gasteiger partial charge in [0.2, 0.25) is 0 Å². The average Bonchev–Trinajstić information content (AvgIpc) is 2.58. The van der Waals surface area contributed by atoms with Gasteiger partial charge in [0.15, 0.2) is 0 Å². The minimum Gasteiger partial charge on any atom is -0.396 e. The highest BCUT2D eigenvalue weighted by Gasteiger charge is 2.22. The van der Waals surface area contributed by atoms with Gasteiger partial charge in [0, 0.05) is 25.7 Å². The molecule has 0 saturated heterocycles. The number of benzene rings is 1. The highest BCUT2D eigenvalue weighted by Crippen LogP contribution is 2.26. The Balaban J connectivity index is 2.04. The summed E-state index contributed by atoms with van der Waals surface area (Å²) in [5, 5.41) is 16.3. The van der Waals surface area contributed by atoms with Crippen LogP contribution in [0.25, 0.3) is 0 Å². The summed E-state index contributed by atoms with van der Waals surface area (Å²) in [4.78, 5) is 0. The lowest BCUT2D eigenvalue weighted by atomic mass is 9.88. The van der Waals surface area contributed by atoms with Crippen LogP contribution in [0.4, 0.5) is 0 Å². The molecule has 0 saturated carbocycles. The molecular weight excluding hydrogens is 236 g/mol. The van der Waals surface area contributed by atoms with Crippen LogP contribution in [0.5, 0.6) is 0 Å². The molecule has 1 aromatic rings. The van der Waals surface area contributed by atoms with Crippen molar-refractivity contribution >= 4 is 0 Å². The van der Waals surface area contributed by atoms with Gasteiger partial charge in [-0.2, -0.15) is 0 Å². The fraction of sp³-hybridized carbons (Fsp3) is 0.625. The molecule has 3 heteroatoms. The predicted octanol–water partition coefficient (Wildman–Crippen LogP) is 2.22. The first kappa shape index (κ1) is 14.5. The molecule has 1 unspecified atom stereocenters. The molecule has 1 aliphatic rings. The first-order valence-electron chi connectivity index (χ1n) is 7.25. The van der Waals surface area contributed by atoms with Crippen molar-refractivity contribution in [3.8, 4) is 0 Å². The van der Waals surface area contributed by atoms with Crippen LogP contribution in [-0.4, -0.2) is 24.8 Å². The zero-order chi connectivity index (χ0) is 13.7. The van der Waals surface area contributed by atoms with Gasteiger partial charge < -0.3 is 15.7 Å². The molecule has 0 aromatic heterocycles. The van der Waals surface area contributed by atoms with E-state index in [4.69, 9.17) is 5.11 Å². The molecule has 0 amide bonds. The molecule has 1 atom stereocenters. The average molecular weight is 262 g/mol. The number of nitrogens with one attached hydrogen (secondary N) is 2. The number of rotatable bonds is 5. The zero-order valence-electron chi connectivity index (χ0n) is 12.1. The van der Waals surface area contributed by atoms with Crippen LogP contribution in [0.1, 0.15) is 43.9 Å². The molecule has 0 radical (unpaired) electrons. The van der Waals surface area contributed by atoms with Gasteiger partial charge >= 0.3 is 0 Å². The minimum atomic E-state index is 0.142. The molecule has 19 heavy (non-hydrogen) atoms. The van der Waals surface area contributed by atoms with Gasteiger partial charge in [-0.15, -0.1) is 0 Å². The summed E-state index contributed by atoms with van der Waals surface area (Å²) >= 11 is 0. The van der Waals surface area contributed by atoms with Crippen LogP contribution in [0.2, 0.25) is 0 Å². The fourth-order valence-corrected chi connectivity index (χ4v) is 2.66. The Morgan fingerprint density at radius 3 is 2.95 bits per heavy atom. The van der Waals surface area contributed by atoms with Crippen molar-refractivity contribution in [2.45, 2.75) is 39.3 Å². The molecule has 3 nitrogen and oxygen atoms in total.